The molecule has 0 atom stereocenters. The van der Waals surface area contributed by atoms with Gasteiger partial charge in [0.2, 0.25) is 0 Å². The Kier molecular flexibility index (Phi) is 4.99. The Hall–Kier alpha value is 0.140. The van der Waals surface area contributed by atoms with Crippen LogP contribution in [0, 0.1) is 6.92 Å². The van der Waals surface area contributed by atoms with Crippen LogP contribution < -0.4 is 5.32 Å². The summed E-state index contributed by atoms with van der Waals surface area (Å²) in [6.07, 6.45) is 2.53. The highest BCUT2D eigenvalue weighted by atomic mass is 79.9. The van der Waals surface area contributed by atoms with Crippen LogP contribution in [0.3, 0.4) is 0 Å². The molecule has 1 rings (SSSR count). The molecule has 0 saturated heterocycles. The molecule has 1 nitrogen and oxygen atoms in total. The van der Waals surface area contributed by atoms with Gasteiger partial charge in [-0.25, -0.2) is 0 Å². The Labute approximate surface area is 92.7 Å². The second kappa shape index (κ2) is 5.78. The summed E-state index contributed by atoms with van der Waals surface area (Å²) in [7, 11) is 0. The fourth-order valence-corrected chi connectivity index (χ4v) is 2.69. The summed E-state index contributed by atoms with van der Waals surface area (Å²) < 4.78 is 1.24. The molecule has 13 heavy (non-hydrogen) atoms. The number of aryl methyl sites for hydroxylation is 1. The third-order valence-electron chi connectivity index (χ3n) is 1.91. The average Bonchev–Trinajstić information content (AvgIpc) is 2.41. The van der Waals surface area contributed by atoms with E-state index in [1.807, 2.05) is 11.3 Å². The van der Waals surface area contributed by atoms with E-state index in [9.17, 15) is 0 Å². The van der Waals surface area contributed by atoms with Gasteiger partial charge in [-0.05, 0) is 41.9 Å². The van der Waals surface area contributed by atoms with Crippen LogP contribution in [0.2, 0.25) is 0 Å². The van der Waals surface area contributed by atoms with Gasteiger partial charge >= 0.3 is 0 Å². The first-order chi connectivity index (χ1) is 6.24. The van der Waals surface area contributed by atoms with Gasteiger partial charge < -0.3 is 5.32 Å². The maximum Gasteiger partial charge on any atom is 0.0314 e. The molecule has 3 heteroatoms. The number of hydrogen-bond acceptors (Lipinski definition) is 2. The third kappa shape index (κ3) is 3.79. The Balaban J connectivity index is 2.29. The van der Waals surface area contributed by atoms with Crippen molar-refractivity contribution in [2.45, 2.75) is 33.2 Å². The van der Waals surface area contributed by atoms with Crippen molar-refractivity contribution >= 4 is 27.3 Å². The van der Waals surface area contributed by atoms with Crippen LogP contribution >= 0.6 is 27.3 Å². The minimum absolute atomic E-state index is 1.01. The maximum absolute atomic E-state index is 3.52. The van der Waals surface area contributed by atoms with E-state index in [4.69, 9.17) is 0 Å². The highest BCUT2D eigenvalue weighted by molar-refractivity contribution is 9.10. The van der Waals surface area contributed by atoms with Gasteiger partial charge in [0.25, 0.3) is 0 Å². The molecule has 0 aromatic carbocycles. The van der Waals surface area contributed by atoms with Crippen molar-refractivity contribution in [2.24, 2.45) is 0 Å². The minimum atomic E-state index is 1.01. The first-order valence-corrected chi connectivity index (χ1v) is 6.30. The summed E-state index contributed by atoms with van der Waals surface area (Å²) in [5.74, 6) is 0. The van der Waals surface area contributed by atoms with Crippen molar-refractivity contribution in [1.29, 1.82) is 0 Å². The number of nitrogens with one attached hydrogen (secondary N) is 1. The lowest BCUT2D eigenvalue weighted by atomic mass is 10.3. The van der Waals surface area contributed by atoms with Crippen LogP contribution in [0.5, 0.6) is 0 Å². The van der Waals surface area contributed by atoms with Crippen LogP contribution in [-0.4, -0.2) is 6.54 Å². The van der Waals surface area contributed by atoms with Gasteiger partial charge in [0.05, 0.1) is 0 Å². The third-order valence-corrected chi connectivity index (χ3v) is 4.05. The molecule has 0 unspecified atom stereocenters. The first-order valence-electron chi connectivity index (χ1n) is 4.69. The molecular weight excluding hydrogens is 246 g/mol. The number of hydrogen-bond donors (Lipinski definition) is 1. The van der Waals surface area contributed by atoms with Crippen LogP contribution in [0.15, 0.2) is 10.5 Å². The van der Waals surface area contributed by atoms with Gasteiger partial charge in [-0.1, -0.05) is 13.3 Å². The molecule has 1 N–H and O–H groups in total. The lowest BCUT2D eigenvalue weighted by molar-refractivity contribution is 0.646. The van der Waals surface area contributed by atoms with Gasteiger partial charge in [-0.2, -0.15) is 0 Å². The summed E-state index contributed by atoms with van der Waals surface area (Å²) in [5, 5.41) is 3.43. The first kappa shape index (κ1) is 11.2. The lowest BCUT2D eigenvalue weighted by Crippen LogP contribution is -2.13. The average molecular weight is 262 g/mol. The van der Waals surface area contributed by atoms with E-state index >= 15 is 0 Å². The molecule has 0 amide bonds. The predicted molar refractivity (Wildman–Crippen MR) is 63.4 cm³/mol. The Bertz CT molecular complexity index is 238. The second-order valence-corrected chi connectivity index (χ2v) is 5.34. The molecule has 74 valence electrons. The smallest absolute Gasteiger partial charge is 0.0314 e. The molecule has 1 aromatic rings. The molecule has 0 saturated carbocycles. The van der Waals surface area contributed by atoms with E-state index in [1.165, 1.54) is 27.1 Å². The van der Waals surface area contributed by atoms with Crippen LogP contribution in [0.1, 0.15) is 29.5 Å². The fourth-order valence-electron chi connectivity index (χ4n) is 1.12. The molecule has 1 aromatic heterocycles. The van der Waals surface area contributed by atoms with E-state index in [2.05, 4.69) is 41.2 Å². The van der Waals surface area contributed by atoms with Crippen LogP contribution in [0.4, 0.5) is 0 Å². The summed E-state index contributed by atoms with van der Waals surface area (Å²) in [6, 6.07) is 2.21. The van der Waals surface area contributed by atoms with Crippen LogP contribution in [0.25, 0.3) is 0 Å². The lowest BCUT2D eigenvalue weighted by Gasteiger charge is -1.99. The number of unbranched alkanes of at least 4 members (excludes halogenated alkanes) is 1. The zero-order valence-corrected chi connectivity index (χ0v) is 10.6. The summed E-state index contributed by atoms with van der Waals surface area (Å²) in [6.45, 7) is 6.50. The van der Waals surface area contributed by atoms with Crippen molar-refractivity contribution in [1.82, 2.24) is 5.32 Å². The Morgan fingerprint density at radius 3 is 2.85 bits per heavy atom. The molecular formula is C10H16BrNS. The van der Waals surface area contributed by atoms with E-state index in [-0.39, 0.29) is 0 Å². The summed E-state index contributed by atoms with van der Waals surface area (Å²) >= 11 is 5.38. The van der Waals surface area contributed by atoms with Crippen molar-refractivity contribution < 1.29 is 0 Å². The molecule has 0 radical (unpaired) electrons. The molecule has 1 heterocycles. The largest absolute Gasteiger partial charge is 0.312 e. The molecule has 0 fully saturated rings. The number of halogens is 1. The topological polar surface area (TPSA) is 12.0 Å². The predicted octanol–water partition coefficient (Wildman–Crippen LogP) is 3.71. The highest BCUT2D eigenvalue weighted by Gasteiger charge is 2.01. The fraction of sp³-hybridized carbons (Fsp3) is 0.600. The summed E-state index contributed by atoms with van der Waals surface area (Å²) in [5.41, 5.74) is 0. The number of rotatable bonds is 5. The monoisotopic (exact) mass is 261 g/mol. The molecule has 0 aliphatic rings. The van der Waals surface area contributed by atoms with Gasteiger partial charge in [0.1, 0.15) is 0 Å². The maximum atomic E-state index is 3.52. The molecule has 0 bridgehead atoms. The Morgan fingerprint density at radius 2 is 2.31 bits per heavy atom. The van der Waals surface area contributed by atoms with E-state index in [0.717, 1.165) is 13.1 Å². The standard InChI is InChI=1S/C10H16BrNS/c1-3-4-5-12-7-9-6-10(11)8(2)13-9/h6,12H,3-5,7H2,1-2H3. The highest BCUT2D eigenvalue weighted by Crippen LogP contribution is 2.25. The van der Waals surface area contributed by atoms with E-state index < -0.39 is 0 Å². The summed E-state index contributed by atoms with van der Waals surface area (Å²) in [4.78, 5) is 2.78. The normalized spacial score (nSPS) is 10.7. The van der Waals surface area contributed by atoms with E-state index in [0.29, 0.717) is 0 Å². The Morgan fingerprint density at radius 1 is 1.54 bits per heavy atom. The van der Waals surface area contributed by atoms with Crippen molar-refractivity contribution in [3.63, 3.8) is 0 Å². The van der Waals surface area contributed by atoms with Crippen LogP contribution in [-0.2, 0) is 6.54 Å². The number of thiophene rings is 1. The van der Waals surface area contributed by atoms with Crippen molar-refractivity contribution in [3.8, 4) is 0 Å². The van der Waals surface area contributed by atoms with Gasteiger partial charge in [0.15, 0.2) is 0 Å². The zero-order valence-electron chi connectivity index (χ0n) is 8.19. The zero-order chi connectivity index (χ0) is 9.68. The quantitative estimate of drug-likeness (QED) is 0.798. The van der Waals surface area contributed by atoms with Crippen molar-refractivity contribution in [2.75, 3.05) is 6.54 Å². The molecule has 0 aliphatic heterocycles. The van der Waals surface area contributed by atoms with Gasteiger partial charge in [0, 0.05) is 20.8 Å². The van der Waals surface area contributed by atoms with Gasteiger partial charge in [-0.3, -0.25) is 0 Å². The SMILES string of the molecule is CCCCNCc1cc(Br)c(C)s1. The van der Waals surface area contributed by atoms with E-state index in [1.54, 1.807) is 0 Å². The molecule has 0 spiro atoms. The van der Waals surface area contributed by atoms with Gasteiger partial charge in [-0.15, -0.1) is 11.3 Å². The molecule has 0 aliphatic carbocycles. The minimum Gasteiger partial charge on any atom is -0.312 e. The van der Waals surface area contributed by atoms with Crippen molar-refractivity contribution in [3.05, 3.63) is 20.3 Å². The second-order valence-electron chi connectivity index (χ2n) is 3.15.